The van der Waals surface area contributed by atoms with Crippen LogP contribution in [0.4, 0.5) is 0 Å². The van der Waals surface area contributed by atoms with Crippen LogP contribution in [0.5, 0.6) is 5.88 Å². The summed E-state index contributed by atoms with van der Waals surface area (Å²) < 4.78 is 34.5. The Morgan fingerprint density at radius 1 is 1.16 bits per heavy atom. The molecule has 2 aliphatic heterocycles. The molecule has 0 bridgehead atoms. The highest BCUT2D eigenvalue weighted by atomic mass is 32.2. The molecule has 5 rings (SSSR count). The van der Waals surface area contributed by atoms with E-state index in [1.54, 1.807) is 47.2 Å². The number of pyridine rings is 2. The van der Waals surface area contributed by atoms with Crippen LogP contribution < -0.4 is 4.74 Å². The molecular formula is C22H26N4O4S. The number of likely N-dealkylation sites (tertiary alicyclic amines) is 1. The Bertz CT molecular complexity index is 1060. The van der Waals surface area contributed by atoms with E-state index >= 15 is 0 Å². The van der Waals surface area contributed by atoms with E-state index in [1.807, 2.05) is 4.90 Å². The van der Waals surface area contributed by atoms with Gasteiger partial charge in [-0.2, -0.15) is 4.31 Å². The van der Waals surface area contributed by atoms with E-state index < -0.39 is 10.0 Å². The molecule has 3 aliphatic rings. The Balaban J connectivity index is 1.39. The zero-order valence-corrected chi connectivity index (χ0v) is 18.1. The fraction of sp³-hybridized carbons (Fsp3) is 0.500. The van der Waals surface area contributed by atoms with E-state index in [1.165, 1.54) is 0 Å². The molecule has 2 fully saturated rings. The molecule has 9 heteroatoms. The van der Waals surface area contributed by atoms with Crippen LogP contribution >= 0.6 is 0 Å². The van der Waals surface area contributed by atoms with Crippen LogP contribution in [0.15, 0.2) is 47.8 Å². The maximum atomic E-state index is 13.5. The van der Waals surface area contributed by atoms with Crippen molar-refractivity contribution in [3.63, 3.8) is 0 Å². The van der Waals surface area contributed by atoms with Gasteiger partial charge in [-0.05, 0) is 55.9 Å². The van der Waals surface area contributed by atoms with Crippen LogP contribution in [-0.2, 0) is 10.0 Å². The lowest BCUT2D eigenvalue weighted by Crippen LogP contribution is -2.52. The molecule has 1 spiro atoms. The number of piperidine rings is 1. The van der Waals surface area contributed by atoms with Gasteiger partial charge in [-0.3, -0.25) is 9.78 Å². The Morgan fingerprint density at radius 3 is 2.65 bits per heavy atom. The summed E-state index contributed by atoms with van der Waals surface area (Å²) in [5.74, 6) is 0.569. The number of carbonyl (C=O) groups is 1. The second-order valence-electron chi connectivity index (χ2n) is 8.87. The molecule has 0 atom stereocenters. The highest BCUT2D eigenvalue weighted by molar-refractivity contribution is 7.89. The van der Waals surface area contributed by atoms with Gasteiger partial charge in [-0.25, -0.2) is 13.4 Å². The maximum absolute atomic E-state index is 13.5. The minimum Gasteiger partial charge on any atom is -0.476 e. The molecule has 1 amide bonds. The van der Waals surface area contributed by atoms with Gasteiger partial charge in [-0.15, -0.1) is 0 Å². The predicted molar refractivity (Wildman–Crippen MR) is 113 cm³/mol. The fourth-order valence-corrected chi connectivity index (χ4v) is 6.17. The first-order chi connectivity index (χ1) is 15.0. The van der Waals surface area contributed by atoms with Crippen molar-refractivity contribution < 1.29 is 17.9 Å². The maximum Gasteiger partial charge on any atom is 0.255 e. The first kappa shape index (κ1) is 20.4. The van der Waals surface area contributed by atoms with Gasteiger partial charge in [0.2, 0.25) is 15.9 Å². The molecule has 2 aromatic heterocycles. The van der Waals surface area contributed by atoms with Crippen molar-refractivity contribution >= 4 is 15.9 Å². The summed E-state index contributed by atoms with van der Waals surface area (Å²) in [4.78, 5) is 23.0. The SMILES string of the molecule is O=C(c1cccnc1)N1CCC2(CC1)COc1ncccc1S(=O)(=O)N(CC1CC1)C2. The number of nitrogens with zero attached hydrogens (tertiary/aromatic N) is 4. The van der Waals surface area contributed by atoms with Crippen molar-refractivity contribution in [1.82, 2.24) is 19.2 Å². The Morgan fingerprint density at radius 2 is 1.94 bits per heavy atom. The summed E-state index contributed by atoms with van der Waals surface area (Å²) in [5.41, 5.74) is 0.228. The van der Waals surface area contributed by atoms with Crippen molar-refractivity contribution in [2.75, 3.05) is 32.8 Å². The summed E-state index contributed by atoms with van der Waals surface area (Å²) in [5, 5.41) is 0. The number of amides is 1. The molecule has 4 heterocycles. The molecule has 0 N–H and O–H groups in total. The predicted octanol–water partition coefficient (Wildman–Crippen LogP) is 2.19. The average Bonchev–Trinajstić information content (AvgIpc) is 3.62. The van der Waals surface area contributed by atoms with Crippen molar-refractivity contribution in [3.05, 3.63) is 48.4 Å². The fourth-order valence-electron chi connectivity index (χ4n) is 4.46. The van der Waals surface area contributed by atoms with Crippen LogP contribution in [-0.4, -0.2) is 66.3 Å². The van der Waals surface area contributed by atoms with Gasteiger partial charge in [0.05, 0.1) is 12.2 Å². The van der Waals surface area contributed by atoms with Gasteiger partial charge in [0.1, 0.15) is 4.90 Å². The molecule has 164 valence electrons. The molecule has 1 aliphatic carbocycles. The Labute approximate surface area is 182 Å². The summed E-state index contributed by atoms with van der Waals surface area (Å²) >= 11 is 0. The van der Waals surface area contributed by atoms with E-state index in [2.05, 4.69) is 9.97 Å². The number of fused-ring (bicyclic) bond motifs is 1. The van der Waals surface area contributed by atoms with Gasteiger partial charge in [-0.1, -0.05) is 0 Å². The van der Waals surface area contributed by atoms with E-state index in [0.29, 0.717) is 57.1 Å². The number of carbonyl (C=O) groups excluding carboxylic acids is 1. The van der Waals surface area contributed by atoms with E-state index in [-0.39, 0.29) is 22.1 Å². The van der Waals surface area contributed by atoms with Gasteiger partial charge < -0.3 is 9.64 Å². The summed E-state index contributed by atoms with van der Waals surface area (Å²) in [6.07, 6.45) is 8.29. The van der Waals surface area contributed by atoms with Crippen LogP contribution in [0.3, 0.4) is 0 Å². The first-order valence-electron chi connectivity index (χ1n) is 10.7. The number of hydrogen-bond donors (Lipinski definition) is 0. The average molecular weight is 443 g/mol. The van der Waals surface area contributed by atoms with Crippen molar-refractivity contribution in [1.29, 1.82) is 0 Å². The van der Waals surface area contributed by atoms with Crippen molar-refractivity contribution in [2.45, 2.75) is 30.6 Å². The van der Waals surface area contributed by atoms with Crippen molar-refractivity contribution in [2.24, 2.45) is 11.3 Å². The molecule has 1 saturated carbocycles. The van der Waals surface area contributed by atoms with Crippen LogP contribution in [0.25, 0.3) is 0 Å². The van der Waals surface area contributed by atoms with E-state index in [4.69, 9.17) is 4.74 Å². The summed E-state index contributed by atoms with van der Waals surface area (Å²) in [6.45, 7) is 2.46. The van der Waals surface area contributed by atoms with Gasteiger partial charge >= 0.3 is 0 Å². The largest absolute Gasteiger partial charge is 0.476 e. The third kappa shape index (κ3) is 4.04. The van der Waals surface area contributed by atoms with Gasteiger partial charge in [0, 0.05) is 50.2 Å². The van der Waals surface area contributed by atoms with Gasteiger partial charge in [0.15, 0.2) is 0 Å². The molecule has 1 saturated heterocycles. The lowest BCUT2D eigenvalue weighted by molar-refractivity contribution is 0.0284. The lowest BCUT2D eigenvalue weighted by Gasteiger charge is -2.44. The molecule has 31 heavy (non-hydrogen) atoms. The van der Waals surface area contributed by atoms with Crippen molar-refractivity contribution in [3.8, 4) is 5.88 Å². The summed E-state index contributed by atoms with van der Waals surface area (Å²) in [7, 11) is -3.69. The molecule has 0 radical (unpaired) electrons. The minimum absolute atomic E-state index is 0.0378. The number of ether oxygens (including phenoxy) is 1. The zero-order chi connectivity index (χ0) is 21.5. The second kappa shape index (κ2) is 7.87. The van der Waals surface area contributed by atoms with Crippen LogP contribution in [0.2, 0.25) is 0 Å². The van der Waals surface area contributed by atoms with Crippen LogP contribution in [0, 0.1) is 11.3 Å². The molecule has 2 aromatic rings. The Kier molecular flexibility index (Phi) is 5.18. The normalized spacial score (nSPS) is 22.8. The highest BCUT2D eigenvalue weighted by Crippen LogP contribution is 2.40. The molecule has 0 unspecified atom stereocenters. The monoisotopic (exact) mass is 442 g/mol. The van der Waals surface area contributed by atoms with Gasteiger partial charge in [0.25, 0.3) is 5.91 Å². The third-order valence-corrected chi connectivity index (χ3v) is 8.38. The van der Waals surface area contributed by atoms with E-state index in [0.717, 1.165) is 12.8 Å². The number of aromatic nitrogens is 2. The van der Waals surface area contributed by atoms with Crippen LogP contribution in [0.1, 0.15) is 36.0 Å². The number of rotatable bonds is 3. The smallest absolute Gasteiger partial charge is 0.255 e. The first-order valence-corrected chi connectivity index (χ1v) is 12.2. The molecular weight excluding hydrogens is 416 g/mol. The minimum atomic E-state index is -3.69. The Hall–Kier alpha value is -2.52. The number of sulfonamides is 1. The zero-order valence-electron chi connectivity index (χ0n) is 17.3. The third-order valence-electron chi connectivity index (χ3n) is 6.56. The lowest BCUT2D eigenvalue weighted by atomic mass is 9.78. The summed E-state index contributed by atoms with van der Waals surface area (Å²) in [6, 6.07) is 6.73. The highest BCUT2D eigenvalue weighted by Gasteiger charge is 2.45. The quantitative estimate of drug-likeness (QED) is 0.724. The topological polar surface area (TPSA) is 92.7 Å². The molecule has 8 nitrogen and oxygen atoms in total. The molecule has 0 aromatic carbocycles. The number of hydrogen-bond acceptors (Lipinski definition) is 6. The van der Waals surface area contributed by atoms with E-state index in [9.17, 15) is 13.2 Å². The standard InChI is InChI=1S/C22H26N4O4S/c27-21(18-3-1-9-23-13-18)25-11-7-22(8-12-25)15-26(14-17-5-6-17)31(28,29)19-4-2-10-24-20(19)30-16-22/h1-4,9-10,13,17H,5-8,11-12,14-16H2. The second-order valence-corrected chi connectivity index (χ2v) is 10.8.